The van der Waals surface area contributed by atoms with Gasteiger partial charge in [0.25, 0.3) is 0 Å². The standard InChI is InChI=1S/C16H9N2Se.C14H14N.Ir/c1-2-4-15-12(3-1)13-9-14(18-10-16(13)19-15)11-5-7-17-8-6-11;1-10-4-6-13(7-5-10)14-8-11(2)12(3)9-15-14;/h1-5,7-10H;4-6,8-9H,1-3H3;/q2*-1;. The van der Waals surface area contributed by atoms with Crippen LogP contribution in [-0.2, 0) is 20.1 Å². The number of hydrogen-bond donors (Lipinski definition) is 0. The number of rotatable bonds is 2. The summed E-state index contributed by atoms with van der Waals surface area (Å²) in [7, 11) is 0. The number of fused-ring (bicyclic) bond motifs is 3. The van der Waals surface area contributed by atoms with Crippen molar-refractivity contribution in [3.63, 3.8) is 0 Å². The van der Waals surface area contributed by atoms with E-state index in [0.717, 1.165) is 22.5 Å². The Morgan fingerprint density at radius 2 is 1.49 bits per heavy atom. The number of aryl methyl sites for hydroxylation is 3. The van der Waals surface area contributed by atoms with Crippen LogP contribution in [0.15, 0.2) is 85.5 Å². The van der Waals surface area contributed by atoms with Crippen molar-refractivity contribution < 1.29 is 20.1 Å². The van der Waals surface area contributed by atoms with E-state index in [1.165, 1.54) is 36.0 Å². The van der Waals surface area contributed by atoms with Gasteiger partial charge >= 0.3 is 116 Å². The van der Waals surface area contributed by atoms with Crippen molar-refractivity contribution in [2.45, 2.75) is 20.8 Å². The van der Waals surface area contributed by atoms with Crippen LogP contribution in [0.1, 0.15) is 16.7 Å². The Bertz CT molecular complexity index is 1580. The summed E-state index contributed by atoms with van der Waals surface area (Å²) in [5.74, 6) is 0. The molecule has 0 spiro atoms. The maximum atomic E-state index is 4.56. The van der Waals surface area contributed by atoms with Crippen LogP contribution in [0.2, 0.25) is 0 Å². The van der Waals surface area contributed by atoms with E-state index in [4.69, 9.17) is 0 Å². The molecule has 6 aromatic rings. The molecule has 1 radical (unpaired) electrons. The zero-order valence-corrected chi connectivity index (χ0v) is 23.8. The molecule has 3 nitrogen and oxygen atoms in total. The van der Waals surface area contributed by atoms with Gasteiger partial charge in [-0.1, -0.05) is 18.6 Å². The molecule has 0 bridgehead atoms. The Morgan fingerprint density at radius 3 is 2.23 bits per heavy atom. The van der Waals surface area contributed by atoms with Crippen LogP contribution in [0.5, 0.6) is 0 Å². The van der Waals surface area contributed by atoms with Gasteiger partial charge in [0.05, 0.1) is 0 Å². The second-order valence-corrected chi connectivity index (χ2v) is 10.5. The fourth-order valence-corrected chi connectivity index (χ4v) is 5.90. The molecular formula is C30H23IrN3Se-2. The molecule has 0 aliphatic carbocycles. The third kappa shape index (κ3) is 5.66. The summed E-state index contributed by atoms with van der Waals surface area (Å²) in [6.45, 7) is 6.24. The summed E-state index contributed by atoms with van der Waals surface area (Å²) in [6, 6.07) is 27.4. The molecule has 0 unspecified atom stereocenters. The molecule has 175 valence electrons. The molecule has 0 fully saturated rings. The van der Waals surface area contributed by atoms with Gasteiger partial charge in [-0.2, -0.15) is 0 Å². The number of pyridine rings is 3. The fourth-order valence-electron chi connectivity index (χ4n) is 3.69. The number of benzene rings is 2. The molecule has 5 heteroatoms. The zero-order valence-electron chi connectivity index (χ0n) is 19.7. The van der Waals surface area contributed by atoms with E-state index >= 15 is 0 Å². The minimum atomic E-state index is 0. The second-order valence-electron chi connectivity index (χ2n) is 8.25. The molecule has 4 aromatic heterocycles. The molecule has 35 heavy (non-hydrogen) atoms. The molecule has 2 aromatic carbocycles. The predicted molar refractivity (Wildman–Crippen MR) is 141 cm³/mol. The van der Waals surface area contributed by atoms with Crippen molar-refractivity contribution in [2.24, 2.45) is 0 Å². The first-order valence-electron chi connectivity index (χ1n) is 11.1. The van der Waals surface area contributed by atoms with Gasteiger partial charge in [-0.3, -0.25) is 0 Å². The summed E-state index contributed by atoms with van der Waals surface area (Å²) in [4.78, 5) is 13.0. The van der Waals surface area contributed by atoms with Gasteiger partial charge in [-0.25, -0.2) is 0 Å². The summed E-state index contributed by atoms with van der Waals surface area (Å²) >= 11 is 0.388. The second kappa shape index (κ2) is 11.2. The van der Waals surface area contributed by atoms with Crippen molar-refractivity contribution in [2.75, 3.05) is 0 Å². The van der Waals surface area contributed by atoms with Crippen LogP contribution >= 0.6 is 0 Å². The normalized spacial score (nSPS) is 10.5. The van der Waals surface area contributed by atoms with Gasteiger partial charge in [-0.05, 0) is 25.1 Å². The van der Waals surface area contributed by atoms with E-state index < -0.39 is 0 Å². The number of aromatic nitrogens is 3. The van der Waals surface area contributed by atoms with Crippen LogP contribution in [-0.4, -0.2) is 29.5 Å². The van der Waals surface area contributed by atoms with Gasteiger partial charge in [0, 0.05) is 26.3 Å². The van der Waals surface area contributed by atoms with E-state index in [2.05, 4.69) is 96.4 Å². The molecule has 0 atom stereocenters. The van der Waals surface area contributed by atoms with Crippen LogP contribution in [0, 0.1) is 32.9 Å². The van der Waals surface area contributed by atoms with Crippen molar-refractivity contribution in [1.82, 2.24) is 15.0 Å². The first-order chi connectivity index (χ1) is 16.6. The molecule has 0 N–H and O–H groups in total. The first kappa shape index (κ1) is 25.2. The molecule has 0 saturated heterocycles. The van der Waals surface area contributed by atoms with Gasteiger partial charge < -0.3 is 4.98 Å². The molecule has 0 aliphatic heterocycles. The van der Waals surface area contributed by atoms with Crippen molar-refractivity contribution in [3.8, 4) is 22.5 Å². The zero-order chi connectivity index (χ0) is 23.5. The summed E-state index contributed by atoms with van der Waals surface area (Å²) in [6.07, 6.45) is 7.39. The third-order valence-electron chi connectivity index (χ3n) is 5.78. The van der Waals surface area contributed by atoms with E-state index in [-0.39, 0.29) is 20.1 Å². The number of hydrogen-bond acceptors (Lipinski definition) is 3. The Labute approximate surface area is 225 Å². The molecule has 6 rings (SSSR count). The summed E-state index contributed by atoms with van der Waals surface area (Å²) < 4.78 is 2.81. The van der Waals surface area contributed by atoms with Gasteiger partial charge in [-0.15, -0.1) is 35.4 Å². The van der Waals surface area contributed by atoms with Gasteiger partial charge in [0.2, 0.25) is 0 Å². The third-order valence-corrected chi connectivity index (χ3v) is 8.13. The molecular weight excluding hydrogens is 674 g/mol. The van der Waals surface area contributed by atoms with Gasteiger partial charge in [0.15, 0.2) is 0 Å². The van der Waals surface area contributed by atoms with Crippen molar-refractivity contribution >= 4 is 33.8 Å². The minimum absolute atomic E-state index is 0. The van der Waals surface area contributed by atoms with E-state index in [0.29, 0.717) is 14.5 Å². The predicted octanol–water partition coefficient (Wildman–Crippen LogP) is 6.78. The van der Waals surface area contributed by atoms with E-state index in [1.807, 2.05) is 24.5 Å². The topological polar surface area (TPSA) is 38.7 Å². The Morgan fingerprint density at radius 1 is 0.714 bits per heavy atom. The molecule has 0 amide bonds. The Kier molecular flexibility index (Phi) is 8.05. The van der Waals surface area contributed by atoms with E-state index in [9.17, 15) is 0 Å². The first-order valence-corrected chi connectivity index (χ1v) is 12.8. The summed E-state index contributed by atoms with van der Waals surface area (Å²) in [5, 5.41) is 2.68. The van der Waals surface area contributed by atoms with Gasteiger partial charge in [0.1, 0.15) is 0 Å². The van der Waals surface area contributed by atoms with Crippen molar-refractivity contribution in [1.29, 1.82) is 0 Å². The summed E-state index contributed by atoms with van der Waals surface area (Å²) in [5.41, 5.74) is 7.74. The molecule has 4 heterocycles. The molecule has 0 saturated carbocycles. The van der Waals surface area contributed by atoms with Crippen LogP contribution in [0.25, 0.3) is 41.8 Å². The maximum absolute atomic E-state index is 4.56. The SMILES string of the molecule is Cc1c[c-]c(-c2cc(C)c(C)cn2)cc1.[Ir].[c-]1cnccc1-c1cc2c(cn1)[se]c1ccccc12. The van der Waals surface area contributed by atoms with Crippen molar-refractivity contribution in [3.05, 3.63) is 114 Å². The average molecular weight is 697 g/mol. The van der Waals surface area contributed by atoms with Crippen LogP contribution in [0.3, 0.4) is 0 Å². The quantitative estimate of drug-likeness (QED) is 0.148. The number of nitrogens with zero attached hydrogens (tertiary/aromatic N) is 3. The molecule has 0 aliphatic rings. The Hall–Kier alpha value is -2.94. The van der Waals surface area contributed by atoms with Crippen LogP contribution < -0.4 is 0 Å². The fraction of sp³-hybridized carbons (Fsp3) is 0.100. The Balaban J connectivity index is 0.000000165. The van der Waals surface area contributed by atoms with Crippen LogP contribution in [0.4, 0.5) is 0 Å². The average Bonchev–Trinajstić information content (AvgIpc) is 3.25. The van der Waals surface area contributed by atoms with E-state index in [1.54, 1.807) is 12.4 Å². The monoisotopic (exact) mass is 698 g/mol.